The normalized spacial score (nSPS) is 15.4. The van der Waals surface area contributed by atoms with E-state index >= 15 is 0 Å². The van der Waals surface area contributed by atoms with Crippen molar-refractivity contribution in [3.8, 4) is 33.4 Å². The Morgan fingerprint density at radius 2 is 0.812 bits per heavy atom. The summed E-state index contributed by atoms with van der Waals surface area (Å²) in [6.07, 6.45) is 0. The predicted molar refractivity (Wildman–Crippen MR) is 265 cm³/mol. The Kier molecular flexibility index (Phi) is 7.04. The van der Waals surface area contributed by atoms with Crippen LogP contribution in [0, 0.1) is 0 Å². The SMILES string of the molecule is [2H]c1c([2H])c([2H])c(-c2cccc(N(c3ccc4c(c3)C3(c5ccccc5-c5ccc(N(c6ccccc6)c6ccccc6)cc53)c3ccccc3-4)c3ccc4oc5ccccc5c4c3)c2)c([2H])c1[2H]. The fraction of sp³-hybridized carbons (Fsp3) is 0.0164. The maximum atomic E-state index is 8.93. The summed E-state index contributed by atoms with van der Waals surface area (Å²) >= 11 is 0. The number of hydrogen-bond donors (Lipinski definition) is 0. The minimum absolute atomic E-state index is 0.150. The molecule has 3 heteroatoms. The monoisotopic (exact) mass is 821 g/mol. The molecule has 0 amide bonds. The van der Waals surface area contributed by atoms with Gasteiger partial charge in [-0.15, -0.1) is 0 Å². The average Bonchev–Trinajstić information content (AvgIpc) is 4.02. The highest BCUT2D eigenvalue weighted by atomic mass is 16.3. The van der Waals surface area contributed by atoms with Gasteiger partial charge in [-0.05, 0) is 141 Å². The number of hydrogen-bond acceptors (Lipinski definition) is 3. The van der Waals surface area contributed by atoms with E-state index in [1.165, 1.54) is 33.4 Å². The molecule has 0 radical (unpaired) electrons. The molecule has 0 saturated heterocycles. The van der Waals surface area contributed by atoms with Gasteiger partial charge in [-0.1, -0.05) is 158 Å². The number of nitrogens with zero attached hydrogens (tertiary/aromatic N) is 2. The van der Waals surface area contributed by atoms with Crippen LogP contribution < -0.4 is 9.80 Å². The van der Waals surface area contributed by atoms with Crippen molar-refractivity contribution in [3.63, 3.8) is 0 Å². The van der Waals surface area contributed by atoms with Crippen LogP contribution in [0.2, 0.25) is 0 Å². The Hall–Kier alpha value is -8.40. The van der Waals surface area contributed by atoms with Crippen molar-refractivity contribution >= 4 is 56.1 Å². The van der Waals surface area contributed by atoms with Crippen LogP contribution in [0.15, 0.2) is 247 Å². The molecule has 3 nitrogen and oxygen atoms in total. The van der Waals surface area contributed by atoms with Gasteiger partial charge in [0.25, 0.3) is 0 Å². The zero-order chi connectivity index (χ0) is 46.5. The van der Waals surface area contributed by atoms with Gasteiger partial charge in [-0.25, -0.2) is 0 Å². The molecule has 1 spiro atoms. The molecule has 0 aliphatic heterocycles. The lowest BCUT2D eigenvalue weighted by Crippen LogP contribution is -2.26. The molecule has 1 unspecified atom stereocenters. The lowest BCUT2D eigenvalue weighted by molar-refractivity contribution is 0.669. The van der Waals surface area contributed by atoms with E-state index in [4.69, 9.17) is 11.3 Å². The molecule has 64 heavy (non-hydrogen) atoms. The number of anilines is 6. The summed E-state index contributed by atoms with van der Waals surface area (Å²) in [6.45, 7) is 0. The molecular formula is C61H40N2O. The van der Waals surface area contributed by atoms with E-state index in [9.17, 15) is 0 Å². The molecule has 0 fully saturated rings. The third-order valence-electron chi connectivity index (χ3n) is 13.1. The highest BCUT2D eigenvalue weighted by Gasteiger charge is 2.52. The molecule has 1 heterocycles. The summed E-state index contributed by atoms with van der Waals surface area (Å²) in [5.74, 6) is 0. The van der Waals surface area contributed by atoms with Crippen LogP contribution in [0.1, 0.15) is 29.1 Å². The zero-order valence-corrected chi connectivity index (χ0v) is 34.5. The van der Waals surface area contributed by atoms with E-state index in [-0.39, 0.29) is 29.7 Å². The van der Waals surface area contributed by atoms with Gasteiger partial charge in [0.15, 0.2) is 0 Å². The highest BCUT2D eigenvalue weighted by molar-refractivity contribution is 6.07. The van der Waals surface area contributed by atoms with E-state index in [1.807, 2.05) is 48.5 Å². The van der Waals surface area contributed by atoms with Crippen LogP contribution in [0.25, 0.3) is 55.3 Å². The van der Waals surface area contributed by atoms with E-state index < -0.39 is 11.5 Å². The van der Waals surface area contributed by atoms with E-state index in [0.717, 1.165) is 67.2 Å². The molecule has 13 rings (SSSR count). The van der Waals surface area contributed by atoms with Crippen LogP contribution in [-0.4, -0.2) is 0 Å². The van der Waals surface area contributed by atoms with Crippen molar-refractivity contribution in [1.29, 1.82) is 0 Å². The first kappa shape index (κ1) is 31.4. The molecule has 2 aliphatic carbocycles. The Morgan fingerprint density at radius 1 is 0.328 bits per heavy atom. The van der Waals surface area contributed by atoms with Gasteiger partial charge >= 0.3 is 0 Å². The minimum Gasteiger partial charge on any atom is -0.456 e. The molecule has 10 aromatic carbocycles. The number of fused-ring (bicyclic) bond motifs is 13. The molecule has 1 atom stereocenters. The predicted octanol–water partition coefficient (Wildman–Crippen LogP) is 16.5. The van der Waals surface area contributed by atoms with Crippen LogP contribution in [0.4, 0.5) is 34.1 Å². The summed E-state index contributed by atoms with van der Waals surface area (Å²) in [5, 5.41) is 1.97. The van der Waals surface area contributed by atoms with Gasteiger partial charge in [0.2, 0.25) is 0 Å². The fourth-order valence-corrected chi connectivity index (χ4v) is 10.5. The Morgan fingerprint density at radius 3 is 1.47 bits per heavy atom. The van der Waals surface area contributed by atoms with Gasteiger partial charge in [0.1, 0.15) is 11.2 Å². The number of benzene rings is 10. The van der Waals surface area contributed by atoms with E-state index in [0.29, 0.717) is 5.56 Å². The van der Waals surface area contributed by atoms with Crippen LogP contribution >= 0.6 is 0 Å². The van der Waals surface area contributed by atoms with Gasteiger partial charge in [0, 0.05) is 44.9 Å². The van der Waals surface area contributed by atoms with E-state index in [1.54, 1.807) is 0 Å². The topological polar surface area (TPSA) is 19.6 Å². The van der Waals surface area contributed by atoms with Crippen LogP contribution in [0.3, 0.4) is 0 Å². The minimum atomic E-state index is -0.700. The quantitative estimate of drug-likeness (QED) is 0.160. The Balaban J connectivity index is 1.07. The second kappa shape index (κ2) is 14.3. The fourth-order valence-electron chi connectivity index (χ4n) is 10.5. The smallest absolute Gasteiger partial charge is 0.135 e. The molecule has 0 bridgehead atoms. The van der Waals surface area contributed by atoms with Crippen LogP contribution in [0.5, 0.6) is 0 Å². The third-order valence-corrected chi connectivity index (χ3v) is 13.1. The molecule has 2 aliphatic rings. The molecule has 0 saturated carbocycles. The summed E-state index contributed by atoms with van der Waals surface area (Å²) in [4.78, 5) is 4.54. The first-order valence-electron chi connectivity index (χ1n) is 24.1. The van der Waals surface area contributed by atoms with Crippen molar-refractivity contribution in [1.82, 2.24) is 0 Å². The first-order valence-corrected chi connectivity index (χ1v) is 21.6. The summed E-state index contributed by atoms with van der Waals surface area (Å²) < 4.78 is 49.5. The van der Waals surface area contributed by atoms with Crippen molar-refractivity contribution < 1.29 is 11.3 Å². The lowest BCUT2D eigenvalue weighted by Gasteiger charge is -2.33. The van der Waals surface area contributed by atoms with Crippen LogP contribution in [-0.2, 0) is 5.41 Å². The first-order chi connectivity index (χ1) is 33.8. The molecular weight excluding hydrogens is 777 g/mol. The van der Waals surface area contributed by atoms with Gasteiger partial charge in [0.05, 0.1) is 12.3 Å². The van der Waals surface area contributed by atoms with Crippen molar-refractivity contribution in [3.05, 3.63) is 265 Å². The molecule has 0 N–H and O–H groups in total. The Bertz CT molecular complexity index is 3810. The van der Waals surface area contributed by atoms with Gasteiger partial charge < -0.3 is 14.2 Å². The Labute approximate surface area is 379 Å². The summed E-state index contributed by atoms with van der Waals surface area (Å²) in [6, 6.07) is 72.7. The van der Waals surface area contributed by atoms with Crippen molar-refractivity contribution in [2.45, 2.75) is 5.41 Å². The molecule has 1 aromatic heterocycles. The van der Waals surface area contributed by atoms with E-state index in [2.05, 4.69) is 174 Å². The number of furan rings is 1. The van der Waals surface area contributed by atoms with Gasteiger partial charge in [-0.3, -0.25) is 0 Å². The second-order valence-corrected chi connectivity index (χ2v) is 16.5. The average molecular weight is 822 g/mol. The molecule has 300 valence electrons. The maximum absolute atomic E-state index is 8.93. The largest absolute Gasteiger partial charge is 0.456 e. The number of para-hydroxylation sites is 3. The van der Waals surface area contributed by atoms with Crippen molar-refractivity contribution in [2.24, 2.45) is 0 Å². The summed E-state index contributed by atoms with van der Waals surface area (Å²) in [7, 11) is 0. The second-order valence-electron chi connectivity index (χ2n) is 16.5. The van der Waals surface area contributed by atoms with Gasteiger partial charge in [-0.2, -0.15) is 0 Å². The molecule has 11 aromatic rings. The third kappa shape index (κ3) is 5.41. The van der Waals surface area contributed by atoms with Crippen molar-refractivity contribution in [2.75, 3.05) is 9.80 Å². The highest BCUT2D eigenvalue weighted by Crippen LogP contribution is 2.64. The standard InChI is InChI=1S/C61H40N2O/c1-4-17-41(18-5-1)42-19-16-24-45(37-42)63(46-33-36-60-54(38-46)53-27-12-15-30-59(53)64-60)48-32-35-52-50-26-11-14-29-56(50)61(58(52)40-48)55-28-13-10-25-49(55)51-34-31-47(39-57(51)61)62(43-20-6-2-7-21-43)44-22-8-3-9-23-44/h1-40H/i1D,4D,5D,17D,18D. The summed E-state index contributed by atoms with van der Waals surface area (Å²) in [5.41, 5.74) is 16.7. The lowest BCUT2D eigenvalue weighted by atomic mass is 9.70. The maximum Gasteiger partial charge on any atom is 0.135 e. The zero-order valence-electron chi connectivity index (χ0n) is 39.5. The number of rotatable bonds is 7.